The van der Waals surface area contributed by atoms with Gasteiger partial charge in [0.25, 0.3) is 0 Å². The number of hydrogen-bond donors (Lipinski definition) is 2. The number of likely N-dealkylation sites (tertiary alicyclic amines) is 1. The van der Waals surface area contributed by atoms with Gasteiger partial charge in [0.1, 0.15) is 0 Å². The standard InChI is InChI=1S/C17H24F3N3O/c1-12(21-11-13-6-5-9-23(13)2)10-16(24)22-15-8-4-3-7-14(15)17(18,19)20/h3-4,7-8,12-13,21H,5-6,9-11H2,1-2H3,(H,22,24). The first-order valence-corrected chi connectivity index (χ1v) is 8.17. The number of rotatable bonds is 6. The minimum absolute atomic E-state index is 0.1000. The molecule has 2 atom stereocenters. The molecule has 1 fully saturated rings. The highest BCUT2D eigenvalue weighted by Crippen LogP contribution is 2.34. The summed E-state index contributed by atoms with van der Waals surface area (Å²) >= 11 is 0. The van der Waals surface area contributed by atoms with E-state index in [9.17, 15) is 18.0 Å². The topological polar surface area (TPSA) is 44.4 Å². The van der Waals surface area contributed by atoms with E-state index in [-0.39, 0.29) is 18.2 Å². The molecule has 1 aliphatic rings. The molecule has 1 heterocycles. The Balaban J connectivity index is 1.85. The van der Waals surface area contributed by atoms with Crippen LogP contribution in [0.4, 0.5) is 18.9 Å². The fourth-order valence-electron chi connectivity index (χ4n) is 2.97. The SMILES string of the molecule is CC(CC(=O)Nc1ccccc1C(F)(F)F)NCC1CCCN1C. The van der Waals surface area contributed by atoms with Gasteiger partial charge in [0.05, 0.1) is 11.3 Å². The number of halogens is 3. The van der Waals surface area contributed by atoms with Crippen molar-refractivity contribution in [2.75, 3.05) is 25.5 Å². The molecule has 0 aromatic heterocycles. The van der Waals surface area contributed by atoms with Crippen LogP contribution in [0.5, 0.6) is 0 Å². The Morgan fingerprint density at radius 1 is 1.38 bits per heavy atom. The molecule has 0 bridgehead atoms. The largest absolute Gasteiger partial charge is 0.418 e. The Morgan fingerprint density at radius 2 is 2.08 bits per heavy atom. The quantitative estimate of drug-likeness (QED) is 0.834. The van der Waals surface area contributed by atoms with Crippen LogP contribution in [0.2, 0.25) is 0 Å². The fourth-order valence-corrected chi connectivity index (χ4v) is 2.97. The zero-order chi connectivity index (χ0) is 17.7. The third kappa shape index (κ3) is 5.21. The minimum Gasteiger partial charge on any atom is -0.325 e. The molecule has 134 valence electrons. The zero-order valence-corrected chi connectivity index (χ0v) is 14.0. The number of benzene rings is 1. The first kappa shape index (κ1) is 18.7. The van der Waals surface area contributed by atoms with Crippen LogP contribution < -0.4 is 10.6 Å². The zero-order valence-electron chi connectivity index (χ0n) is 14.0. The van der Waals surface area contributed by atoms with Gasteiger partial charge in [0, 0.05) is 25.0 Å². The van der Waals surface area contributed by atoms with Crippen LogP contribution in [0.3, 0.4) is 0 Å². The van der Waals surface area contributed by atoms with Gasteiger partial charge < -0.3 is 15.5 Å². The van der Waals surface area contributed by atoms with Crippen LogP contribution in [0.25, 0.3) is 0 Å². The van der Waals surface area contributed by atoms with Crippen LogP contribution in [-0.2, 0) is 11.0 Å². The Bertz CT molecular complexity index is 562. The molecule has 0 saturated carbocycles. The highest BCUT2D eigenvalue weighted by molar-refractivity contribution is 5.92. The molecular weight excluding hydrogens is 319 g/mol. The molecule has 1 aliphatic heterocycles. The number of amides is 1. The number of nitrogens with one attached hydrogen (secondary N) is 2. The lowest BCUT2D eigenvalue weighted by atomic mass is 10.1. The van der Waals surface area contributed by atoms with Gasteiger partial charge in [-0.1, -0.05) is 12.1 Å². The van der Waals surface area contributed by atoms with Gasteiger partial charge in [-0.05, 0) is 45.5 Å². The summed E-state index contributed by atoms with van der Waals surface area (Å²) in [4.78, 5) is 14.3. The molecule has 7 heteroatoms. The van der Waals surface area contributed by atoms with Crippen LogP contribution in [-0.4, -0.2) is 43.0 Å². The van der Waals surface area contributed by atoms with Gasteiger partial charge in [-0.3, -0.25) is 4.79 Å². The Hall–Kier alpha value is -1.60. The van der Waals surface area contributed by atoms with E-state index in [0.717, 1.165) is 25.6 Å². The first-order valence-electron chi connectivity index (χ1n) is 8.17. The van der Waals surface area contributed by atoms with Gasteiger partial charge in [-0.2, -0.15) is 13.2 Å². The number of hydrogen-bond acceptors (Lipinski definition) is 3. The lowest BCUT2D eigenvalue weighted by Gasteiger charge is -2.22. The summed E-state index contributed by atoms with van der Waals surface area (Å²) in [6.07, 6.45) is -2.06. The number of carbonyl (C=O) groups excluding carboxylic acids is 1. The van der Waals surface area contributed by atoms with Crippen LogP contribution in [0.15, 0.2) is 24.3 Å². The molecule has 1 aromatic rings. The molecule has 24 heavy (non-hydrogen) atoms. The molecule has 2 N–H and O–H groups in total. The van der Waals surface area contributed by atoms with Crippen LogP contribution >= 0.6 is 0 Å². The maximum absolute atomic E-state index is 12.9. The van der Waals surface area contributed by atoms with Crippen molar-refractivity contribution in [1.82, 2.24) is 10.2 Å². The first-order chi connectivity index (χ1) is 11.3. The molecule has 1 amide bonds. The van der Waals surface area contributed by atoms with Crippen molar-refractivity contribution in [2.45, 2.75) is 44.4 Å². The van der Waals surface area contributed by atoms with Crippen molar-refractivity contribution >= 4 is 11.6 Å². The van der Waals surface area contributed by atoms with Gasteiger partial charge >= 0.3 is 6.18 Å². The number of nitrogens with zero attached hydrogens (tertiary/aromatic N) is 1. The summed E-state index contributed by atoms with van der Waals surface area (Å²) in [5, 5.41) is 5.67. The molecule has 2 rings (SSSR count). The van der Waals surface area contributed by atoms with Crippen LogP contribution in [0.1, 0.15) is 31.7 Å². The molecule has 2 unspecified atom stereocenters. The number of anilines is 1. The molecule has 1 saturated heterocycles. The predicted molar refractivity (Wildman–Crippen MR) is 87.8 cm³/mol. The van der Waals surface area contributed by atoms with Crippen molar-refractivity contribution in [3.63, 3.8) is 0 Å². The Kier molecular flexibility index (Phi) is 6.23. The van der Waals surface area contributed by atoms with Crippen molar-refractivity contribution in [3.05, 3.63) is 29.8 Å². The number of para-hydroxylation sites is 1. The van der Waals surface area contributed by atoms with Gasteiger partial charge in [0.2, 0.25) is 5.91 Å². The monoisotopic (exact) mass is 343 g/mol. The second-order valence-corrected chi connectivity index (χ2v) is 6.38. The van der Waals surface area contributed by atoms with E-state index < -0.39 is 17.6 Å². The fraction of sp³-hybridized carbons (Fsp3) is 0.588. The number of likely N-dealkylation sites (N-methyl/N-ethyl adjacent to an activating group) is 1. The summed E-state index contributed by atoms with van der Waals surface area (Å²) < 4.78 is 38.8. The molecule has 0 spiro atoms. The molecule has 0 aliphatic carbocycles. The summed E-state index contributed by atoms with van der Waals surface area (Å²) in [5.74, 6) is -0.425. The summed E-state index contributed by atoms with van der Waals surface area (Å²) in [7, 11) is 2.07. The normalized spacial score (nSPS) is 20.1. The Labute approximate surface area is 140 Å². The number of carbonyl (C=O) groups is 1. The van der Waals surface area contributed by atoms with E-state index >= 15 is 0 Å². The predicted octanol–water partition coefficient (Wildman–Crippen LogP) is 3.11. The highest BCUT2D eigenvalue weighted by Gasteiger charge is 2.33. The van der Waals surface area contributed by atoms with E-state index in [1.807, 2.05) is 6.92 Å². The van der Waals surface area contributed by atoms with E-state index in [1.165, 1.54) is 24.6 Å². The lowest BCUT2D eigenvalue weighted by Crippen LogP contribution is -2.40. The van der Waals surface area contributed by atoms with Crippen LogP contribution in [0, 0.1) is 0 Å². The lowest BCUT2D eigenvalue weighted by molar-refractivity contribution is -0.137. The minimum atomic E-state index is -4.49. The van der Waals surface area contributed by atoms with Gasteiger partial charge in [0.15, 0.2) is 0 Å². The summed E-state index contributed by atoms with van der Waals surface area (Å²) in [6, 6.07) is 5.38. The average Bonchev–Trinajstić information content (AvgIpc) is 2.89. The number of alkyl halides is 3. The molecule has 4 nitrogen and oxygen atoms in total. The maximum atomic E-state index is 12.9. The van der Waals surface area contributed by atoms with Crippen molar-refractivity contribution in [1.29, 1.82) is 0 Å². The third-order valence-corrected chi connectivity index (χ3v) is 4.37. The van der Waals surface area contributed by atoms with Crippen molar-refractivity contribution in [2.24, 2.45) is 0 Å². The second kappa shape index (κ2) is 7.98. The van der Waals surface area contributed by atoms with Crippen molar-refractivity contribution in [3.8, 4) is 0 Å². The third-order valence-electron chi connectivity index (χ3n) is 4.37. The highest BCUT2D eigenvalue weighted by atomic mass is 19.4. The van der Waals surface area contributed by atoms with E-state index in [2.05, 4.69) is 22.6 Å². The van der Waals surface area contributed by atoms with Gasteiger partial charge in [-0.25, -0.2) is 0 Å². The molecule has 1 aromatic carbocycles. The molecule has 0 radical (unpaired) electrons. The van der Waals surface area contributed by atoms with E-state index in [0.29, 0.717) is 6.04 Å². The average molecular weight is 343 g/mol. The van der Waals surface area contributed by atoms with Gasteiger partial charge in [-0.15, -0.1) is 0 Å². The summed E-state index contributed by atoms with van der Waals surface area (Å²) in [5.41, 5.74) is -1.02. The van der Waals surface area contributed by atoms with E-state index in [1.54, 1.807) is 0 Å². The van der Waals surface area contributed by atoms with Crippen molar-refractivity contribution < 1.29 is 18.0 Å². The molecular formula is C17H24F3N3O. The smallest absolute Gasteiger partial charge is 0.325 e. The Morgan fingerprint density at radius 3 is 2.71 bits per heavy atom. The second-order valence-electron chi connectivity index (χ2n) is 6.38. The summed E-state index contributed by atoms with van der Waals surface area (Å²) in [6.45, 7) is 3.73. The van der Waals surface area contributed by atoms with E-state index in [4.69, 9.17) is 0 Å². The maximum Gasteiger partial charge on any atom is 0.418 e.